The van der Waals surface area contributed by atoms with E-state index in [-0.39, 0.29) is 0 Å². The highest BCUT2D eigenvalue weighted by Gasteiger charge is 2.15. The van der Waals surface area contributed by atoms with Crippen molar-refractivity contribution in [1.29, 1.82) is 0 Å². The molecule has 0 heterocycles. The van der Waals surface area contributed by atoms with Gasteiger partial charge in [0.15, 0.2) is 0 Å². The van der Waals surface area contributed by atoms with Crippen molar-refractivity contribution in [2.24, 2.45) is 0 Å². The summed E-state index contributed by atoms with van der Waals surface area (Å²) in [5.74, 6) is 0. The molecule has 0 radical (unpaired) electrons. The lowest BCUT2D eigenvalue weighted by Gasteiger charge is -2.19. The molecule has 1 rings (SSSR count). The molecule has 1 aromatic rings. The molecule has 0 fully saturated rings. The van der Waals surface area contributed by atoms with Crippen LogP contribution in [0.4, 0.5) is 10.5 Å². The normalized spacial score (nSPS) is 11.1. The van der Waals surface area contributed by atoms with Gasteiger partial charge in [-0.2, -0.15) is 0 Å². The maximum Gasteiger partial charge on any atom is 0.407 e. The predicted molar refractivity (Wildman–Crippen MR) is 68.9 cm³/mol. The van der Waals surface area contributed by atoms with Gasteiger partial charge in [0, 0.05) is 17.3 Å². The Morgan fingerprint density at radius 3 is 2.59 bits per heavy atom. The van der Waals surface area contributed by atoms with Gasteiger partial charge in [0.2, 0.25) is 0 Å². The van der Waals surface area contributed by atoms with Crippen LogP contribution in [0.1, 0.15) is 26.3 Å². The molecule has 1 amide bonds. The maximum absolute atomic E-state index is 11.4. The summed E-state index contributed by atoms with van der Waals surface area (Å²) >= 11 is 5.85. The molecule has 0 spiro atoms. The van der Waals surface area contributed by atoms with Crippen molar-refractivity contribution in [2.45, 2.75) is 32.9 Å². The van der Waals surface area contributed by atoms with Crippen LogP contribution in [0.15, 0.2) is 18.2 Å². The summed E-state index contributed by atoms with van der Waals surface area (Å²) in [7, 11) is 0. The number of hydrogen-bond donors (Lipinski definition) is 2. The molecule has 0 bridgehead atoms. The first-order valence-corrected chi connectivity index (χ1v) is 5.66. The molecule has 3 N–H and O–H groups in total. The third kappa shape index (κ3) is 5.45. The van der Waals surface area contributed by atoms with Crippen molar-refractivity contribution in [3.05, 3.63) is 28.8 Å². The van der Waals surface area contributed by atoms with E-state index in [1.54, 1.807) is 18.2 Å². The van der Waals surface area contributed by atoms with Crippen molar-refractivity contribution in [3.63, 3.8) is 0 Å². The van der Waals surface area contributed by atoms with Crippen molar-refractivity contribution in [2.75, 3.05) is 5.73 Å². The van der Waals surface area contributed by atoms with Crippen LogP contribution >= 0.6 is 11.6 Å². The number of nitrogen functional groups attached to an aromatic ring is 1. The molecule has 94 valence electrons. The topological polar surface area (TPSA) is 64.3 Å². The summed E-state index contributed by atoms with van der Waals surface area (Å²) in [6, 6.07) is 5.15. The molecule has 17 heavy (non-hydrogen) atoms. The molecule has 0 aliphatic heterocycles. The Bertz CT molecular complexity index is 393. The van der Waals surface area contributed by atoms with Gasteiger partial charge in [-0.15, -0.1) is 0 Å². The van der Waals surface area contributed by atoms with Gasteiger partial charge in [-0.05, 0) is 44.5 Å². The zero-order valence-electron chi connectivity index (χ0n) is 10.2. The number of nitrogens with one attached hydrogen (secondary N) is 1. The summed E-state index contributed by atoms with van der Waals surface area (Å²) < 4.78 is 5.11. The number of nitrogens with two attached hydrogens (primary N) is 1. The molecule has 0 aromatic heterocycles. The number of carbonyl (C=O) groups is 1. The minimum Gasteiger partial charge on any atom is -0.444 e. The molecule has 5 heteroatoms. The Balaban J connectivity index is 2.53. The smallest absolute Gasteiger partial charge is 0.407 e. The first kappa shape index (κ1) is 13.6. The lowest BCUT2D eigenvalue weighted by Crippen LogP contribution is -2.32. The molecule has 0 aliphatic rings. The van der Waals surface area contributed by atoms with Crippen LogP contribution in [-0.2, 0) is 11.3 Å². The van der Waals surface area contributed by atoms with Crippen LogP contribution in [-0.4, -0.2) is 11.7 Å². The number of rotatable bonds is 2. The van der Waals surface area contributed by atoms with Gasteiger partial charge in [-0.1, -0.05) is 11.6 Å². The second-order valence-electron chi connectivity index (χ2n) is 4.75. The standard InChI is InChI=1S/C12H17ClN2O2/c1-12(2,3)17-11(16)15-7-8-4-9(13)6-10(14)5-8/h4-6H,7,14H2,1-3H3,(H,15,16). The van der Waals surface area contributed by atoms with E-state index < -0.39 is 11.7 Å². The Hall–Kier alpha value is -1.42. The first-order valence-electron chi connectivity index (χ1n) is 5.28. The van der Waals surface area contributed by atoms with Crippen LogP contribution in [0, 0.1) is 0 Å². The number of alkyl carbamates (subject to hydrolysis) is 1. The van der Waals surface area contributed by atoms with E-state index in [1.807, 2.05) is 20.8 Å². The van der Waals surface area contributed by atoms with Crippen LogP contribution in [0.3, 0.4) is 0 Å². The van der Waals surface area contributed by atoms with E-state index in [0.717, 1.165) is 5.56 Å². The van der Waals surface area contributed by atoms with Crippen molar-refractivity contribution in [3.8, 4) is 0 Å². The minimum atomic E-state index is -0.503. The molecule has 0 atom stereocenters. The van der Waals surface area contributed by atoms with E-state index in [9.17, 15) is 4.79 Å². The average molecular weight is 257 g/mol. The molecule has 0 saturated heterocycles. The average Bonchev–Trinajstić information content (AvgIpc) is 2.10. The quantitative estimate of drug-likeness (QED) is 0.800. The minimum absolute atomic E-state index is 0.333. The summed E-state index contributed by atoms with van der Waals surface area (Å²) in [5, 5.41) is 3.18. The van der Waals surface area contributed by atoms with Crippen LogP contribution < -0.4 is 11.1 Å². The Morgan fingerprint density at radius 2 is 2.06 bits per heavy atom. The zero-order chi connectivity index (χ0) is 13.1. The number of carbonyl (C=O) groups excluding carboxylic acids is 1. The molecule has 1 aromatic carbocycles. The van der Waals surface area contributed by atoms with Gasteiger partial charge in [0.05, 0.1) is 0 Å². The van der Waals surface area contributed by atoms with Gasteiger partial charge in [-0.3, -0.25) is 0 Å². The molecule has 0 unspecified atom stereocenters. The van der Waals surface area contributed by atoms with Crippen molar-refractivity contribution < 1.29 is 9.53 Å². The monoisotopic (exact) mass is 256 g/mol. The van der Waals surface area contributed by atoms with E-state index in [1.165, 1.54) is 0 Å². The number of benzene rings is 1. The third-order valence-corrected chi connectivity index (χ3v) is 2.03. The third-order valence-electron chi connectivity index (χ3n) is 1.82. The summed E-state index contributed by atoms with van der Waals surface area (Å²) in [5.41, 5.74) is 6.54. The highest BCUT2D eigenvalue weighted by atomic mass is 35.5. The highest BCUT2D eigenvalue weighted by molar-refractivity contribution is 6.30. The SMILES string of the molecule is CC(C)(C)OC(=O)NCc1cc(N)cc(Cl)c1. The second-order valence-corrected chi connectivity index (χ2v) is 5.18. The molecular formula is C12H17ClN2O2. The van der Waals surface area contributed by atoms with Gasteiger partial charge >= 0.3 is 6.09 Å². The summed E-state index contributed by atoms with van der Waals surface area (Å²) in [6.45, 7) is 5.76. The highest BCUT2D eigenvalue weighted by Crippen LogP contribution is 2.16. The predicted octanol–water partition coefficient (Wildman–Crippen LogP) is 2.95. The Kier molecular flexibility index (Phi) is 4.23. The largest absolute Gasteiger partial charge is 0.444 e. The van der Waals surface area contributed by atoms with Gasteiger partial charge in [0.25, 0.3) is 0 Å². The van der Waals surface area contributed by atoms with E-state index in [2.05, 4.69) is 5.32 Å². The molecule has 4 nitrogen and oxygen atoms in total. The van der Waals surface area contributed by atoms with Crippen molar-refractivity contribution >= 4 is 23.4 Å². The molecule has 0 saturated carbocycles. The van der Waals surface area contributed by atoms with Gasteiger partial charge in [0.1, 0.15) is 5.60 Å². The fourth-order valence-corrected chi connectivity index (χ4v) is 1.53. The Morgan fingerprint density at radius 1 is 1.41 bits per heavy atom. The van der Waals surface area contributed by atoms with Crippen LogP contribution in [0.2, 0.25) is 5.02 Å². The van der Waals surface area contributed by atoms with E-state index in [4.69, 9.17) is 22.1 Å². The first-order chi connectivity index (χ1) is 7.76. The molecule has 0 aliphatic carbocycles. The lowest BCUT2D eigenvalue weighted by atomic mass is 10.2. The number of amides is 1. The van der Waals surface area contributed by atoms with Crippen molar-refractivity contribution in [1.82, 2.24) is 5.32 Å². The fourth-order valence-electron chi connectivity index (χ4n) is 1.27. The summed E-state index contributed by atoms with van der Waals surface area (Å²) in [6.07, 6.45) is -0.462. The number of ether oxygens (including phenoxy) is 1. The Labute approximate surface area is 106 Å². The van der Waals surface area contributed by atoms with Crippen LogP contribution in [0.25, 0.3) is 0 Å². The van der Waals surface area contributed by atoms with Gasteiger partial charge in [-0.25, -0.2) is 4.79 Å². The fraction of sp³-hybridized carbons (Fsp3) is 0.417. The van der Waals surface area contributed by atoms with Crippen LogP contribution in [0.5, 0.6) is 0 Å². The van der Waals surface area contributed by atoms with E-state index in [0.29, 0.717) is 17.3 Å². The van der Waals surface area contributed by atoms with Gasteiger partial charge < -0.3 is 15.8 Å². The molecular weight excluding hydrogens is 240 g/mol. The second kappa shape index (κ2) is 5.27. The number of hydrogen-bond acceptors (Lipinski definition) is 3. The number of halogens is 1. The maximum atomic E-state index is 11.4. The van der Waals surface area contributed by atoms with E-state index >= 15 is 0 Å². The number of anilines is 1. The zero-order valence-corrected chi connectivity index (χ0v) is 11.0. The summed E-state index contributed by atoms with van der Waals surface area (Å²) in [4.78, 5) is 11.4. The lowest BCUT2D eigenvalue weighted by molar-refractivity contribution is 0.0523.